The fraction of sp³-hybridized carbons (Fsp3) is 0.765. The number of allylic oxidation sites excluding steroid dienone is 3. The molecule has 0 amide bonds. The average Bonchev–Trinajstić information content (AvgIpc) is 3.04. The van der Waals surface area contributed by atoms with Gasteiger partial charge in [0.1, 0.15) is 16.4 Å². The lowest BCUT2D eigenvalue weighted by Crippen LogP contribution is -2.21. The zero-order valence-electron chi connectivity index (χ0n) is 12.2. The fourth-order valence-corrected chi connectivity index (χ4v) is 6.41. The largest absolute Gasteiger partial charge is 0.131 e. The van der Waals surface area contributed by atoms with Crippen molar-refractivity contribution in [1.29, 1.82) is 0 Å². The molecule has 2 saturated carbocycles. The van der Waals surface area contributed by atoms with Crippen molar-refractivity contribution in [3.05, 3.63) is 23.6 Å². The molecule has 0 N–H and O–H groups in total. The molecule has 0 saturated heterocycles. The first-order valence-electron chi connectivity index (χ1n) is 7.79. The van der Waals surface area contributed by atoms with E-state index in [0.29, 0.717) is 10.9 Å². The molecular formula is C17H29S+. The summed E-state index contributed by atoms with van der Waals surface area (Å²) in [6.07, 6.45) is 12.9. The lowest BCUT2D eigenvalue weighted by atomic mass is 10.1. The predicted molar refractivity (Wildman–Crippen MR) is 84.9 cm³/mol. The Kier molecular flexibility index (Phi) is 5.41. The highest BCUT2D eigenvalue weighted by Gasteiger charge is 2.50. The number of fused-ring (bicyclic) bond motifs is 1. The van der Waals surface area contributed by atoms with Gasteiger partial charge in [-0.1, -0.05) is 26.5 Å². The number of hydrogen-bond donors (Lipinski definition) is 0. The molecule has 0 spiro atoms. The molecule has 0 aliphatic heterocycles. The Labute approximate surface area is 116 Å². The lowest BCUT2D eigenvalue weighted by Gasteiger charge is -2.15. The van der Waals surface area contributed by atoms with Crippen LogP contribution in [0.15, 0.2) is 23.6 Å². The van der Waals surface area contributed by atoms with Crippen LogP contribution in [0.1, 0.15) is 52.4 Å². The van der Waals surface area contributed by atoms with E-state index in [0.717, 1.165) is 17.8 Å². The first-order chi connectivity index (χ1) is 8.80. The summed E-state index contributed by atoms with van der Waals surface area (Å²) in [6, 6.07) is 0. The van der Waals surface area contributed by atoms with Crippen molar-refractivity contribution in [1.82, 2.24) is 0 Å². The molecule has 102 valence electrons. The molecule has 2 aliphatic carbocycles. The highest BCUT2D eigenvalue weighted by molar-refractivity contribution is 8.00. The van der Waals surface area contributed by atoms with E-state index in [9.17, 15) is 0 Å². The zero-order valence-corrected chi connectivity index (χ0v) is 13.0. The molecule has 0 aromatic heterocycles. The summed E-state index contributed by atoms with van der Waals surface area (Å²) in [5.41, 5.74) is 0. The van der Waals surface area contributed by atoms with Gasteiger partial charge in [-0.15, -0.1) is 0 Å². The smallest absolute Gasteiger partial charge is 0.0989 e. The summed E-state index contributed by atoms with van der Waals surface area (Å²) in [4.78, 5) is 1.71. The lowest BCUT2D eigenvalue weighted by molar-refractivity contribution is 0.537. The van der Waals surface area contributed by atoms with Gasteiger partial charge in [0, 0.05) is 23.2 Å². The molecule has 0 nitrogen and oxygen atoms in total. The van der Waals surface area contributed by atoms with Gasteiger partial charge in [-0.3, -0.25) is 0 Å². The van der Waals surface area contributed by atoms with Gasteiger partial charge in [0.25, 0.3) is 0 Å². The molecule has 4 atom stereocenters. The van der Waals surface area contributed by atoms with Crippen molar-refractivity contribution >= 4 is 10.9 Å². The van der Waals surface area contributed by atoms with Crippen molar-refractivity contribution < 1.29 is 0 Å². The van der Waals surface area contributed by atoms with Gasteiger partial charge < -0.3 is 0 Å². The molecule has 2 rings (SSSR count). The third kappa shape index (κ3) is 3.44. The third-order valence-corrected chi connectivity index (χ3v) is 7.34. The summed E-state index contributed by atoms with van der Waals surface area (Å²) in [7, 11) is 0.544. The highest BCUT2D eigenvalue weighted by atomic mass is 32.2. The van der Waals surface area contributed by atoms with Crippen LogP contribution in [0.3, 0.4) is 0 Å². The summed E-state index contributed by atoms with van der Waals surface area (Å²) < 4.78 is 0. The third-order valence-electron chi connectivity index (χ3n) is 4.53. The average molecular weight is 265 g/mol. The SMILES string of the molecule is C=C/C=C(\CCC)[S+](CCC)CC1CC[C@H]2CC12. The van der Waals surface area contributed by atoms with Gasteiger partial charge >= 0.3 is 0 Å². The Bertz CT molecular complexity index is 305. The van der Waals surface area contributed by atoms with E-state index in [1.165, 1.54) is 43.6 Å². The molecule has 0 aromatic carbocycles. The maximum absolute atomic E-state index is 3.91. The summed E-state index contributed by atoms with van der Waals surface area (Å²) in [5.74, 6) is 6.24. The molecule has 0 bridgehead atoms. The summed E-state index contributed by atoms with van der Waals surface area (Å²) >= 11 is 0. The molecule has 3 unspecified atom stereocenters. The highest BCUT2D eigenvalue weighted by Crippen LogP contribution is 2.55. The molecule has 0 aromatic rings. The second-order valence-electron chi connectivity index (χ2n) is 5.98. The van der Waals surface area contributed by atoms with E-state index in [-0.39, 0.29) is 0 Å². The minimum atomic E-state index is 0.544. The van der Waals surface area contributed by atoms with E-state index in [2.05, 4.69) is 26.5 Å². The summed E-state index contributed by atoms with van der Waals surface area (Å²) in [5, 5.41) is 0. The van der Waals surface area contributed by atoms with Crippen LogP contribution < -0.4 is 0 Å². The number of hydrogen-bond acceptors (Lipinski definition) is 0. The topological polar surface area (TPSA) is 0 Å². The maximum Gasteiger partial charge on any atom is 0.131 e. The van der Waals surface area contributed by atoms with Crippen molar-refractivity contribution in [2.24, 2.45) is 17.8 Å². The van der Waals surface area contributed by atoms with E-state index in [4.69, 9.17) is 0 Å². The second kappa shape index (κ2) is 6.84. The molecule has 2 fully saturated rings. The van der Waals surface area contributed by atoms with Crippen molar-refractivity contribution in [2.75, 3.05) is 11.5 Å². The van der Waals surface area contributed by atoms with E-state index in [1.54, 1.807) is 11.3 Å². The van der Waals surface area contributed by atoms with Crippen LogP contribution in [0.2, 0.25) is 0 Å². The molecule has 2 aliphatic rings. The van der Waals surface area contributed by atoms with Gasteiger partial charge in [-0.2, -0.15) is 0 Å². The van der Waals surface area contributed by atoms with Crippen molar-refractivity contribution in [2.45, 2.75) is 52.4 Å². The molecule has 0 heterocycles. The molecule has 18 heavy (non-hydrogen) atoms. The Morgan fingerprint density at radius 3 is 2.61 bits per heavy atom. The van der Waals surface area contributed by atoms with Crippen LogP contribution >= 0.6 is 0 Å². The van der Waals surface area contributed by atoms with Gasteiger partial charge in [0.05, 0.1) is 0 Å². The van der Waals surface area contributed by atoms with Crippen LogP contribution in [0.4, 0.5) is 0 Å². The van der Waals surface area contributed by atoms with E-state index >= 15 is 0 Å². The molecule has 0 radical (unpaired) electrons. The van der Waals surface area contributed by atoms with Crippen LogP contribution in [-0.4, -0.2) is 11.5 Å². The molecule has 1 heteroatoms. The van der Waals surface area contributed by atoms with Crippen LogP contribution in [0.5, 0.6) is 0 Å². The van der Waals surface area contributed by atoms with E-state index < -0.39 is 0 Å². The number of rotatable bonds is 8. The van der Waals surface area contributed by atoms with E-state index in [1.807, 2.05) is 6.08 Å². The second-order valence-corrected chi connectivity index (χ2v) is 8.23. The first-order valence-corrected chi connectivity index (χ1v) is 9.35. The van der Waals surface area contributed by atoms with Crippen LogP contribution in [0, 0.1) is 17.8 Å². The minimum absolute atomic E-state index is 0.544. The Balaban J connectivity index is 1.96. The Morgan fingerprint density at radius 2 is 2.11 bits per heavy atom. The first kappa shape index (κ1) is 14.2. The van der Waals surface area contributed by atoms with Crippen LogP contribution in [0.25, 0.3) is 0 Å². The van der Waals surface area contributed by atoms with Gasteiger partial charge in [-0.25, -0.2) is 0 Å². The normalized spacial score (nSPS) is 32.1. The monoisotopic (exact) mass is 265 g/mol. The predicted octanol–water partition coefficient (Wildman–Crippen LogP) is 4.93. The molecular weight excluding hydrogens is 236 g/mol. The zero-order chi connectivity index (χ0) is 13.0. The van der Waals surface area contributed by atoms with Crippen molar-refractivity contribution in [3.8, 4) is 0 Å². The van der Waals surface area contributed by atoms with Gasteiger partial charge in [0.2, 0.25) is 0 Å². The van der Waals surface area contributed by atoms with Gasteiger partial charge in [-0.05, 0) is 50.0 Å². The van der Waals surface area contributed by atoms with Crippen LogP contribution in [-0.2, 0) is 10.9 Å². The van der Waals surface area contributed by atoms with Crippen molar-refractivity contribution in [3.63, 3.8) is 0 Å². The Hall–Kier alpha value is -0.170. The van der Waals surface area contributed by atoms with Gasteiger partial charge in [0.15, 0.2) is 0 Å². The fourth-order valence-electron chi connectivity index (χ4n) is 3.56. The quantitative estimate of drug-likeness (QED) is 0.431. The standard InChI is InChI=1S/C17H29S/c1-4-7-16(8-5-2)18(11-6-3)13-15-10-9-14-12-17(14)15/h4,7,14-15,17H,1,5-6,8-13H2,2-3H3/q+1/b16-7+/t14-,15?,17?,18?/m0/s1. The summed E-state index contributed by atoms with van der Waals surface area (Å²) in [6.45, 7) is 8.55. The maximum atomic E-state index is 3.91. The minimum Gasteiger partial charge on any atom is -0.0989 e. The Morgan fingerprint density at radius 1 is 1.28 bits per heavy atom.